The molecule has 0 saturated heterocycles. The van der Waals surface area contributed by atoms with Crippen LogP contribution in [0, 0.1) is 11.3 Å². The van der Waals surface area contributed by atoms with E-state index in [2.05, 4.69) is 38.2 Å². The molecule has 1 rings (SSSR count). The minimum Gasteiger partial charge on any atom is -0.299 e. The Morgan fingerprint density at radius 3 is 2.47 bits per heavy atom. The molecule has 0 aromatic carbocycles. The molecule has 0 amide bonds. The number of allylic oxidation sites excluding steroid dienone is 4. The summed E-state index contributed by atoms with van der Waals surface area (Å²) in [5.74, 6) is 0.860. The maximum absolute atomic E-state index is 12.1. The molecule has 0 spiro atoms. The van der Waals surface area contributed by atoms with Crippen molar-refractivity contribution in [1.29, 1.82) is 0 Å². The third-order valence-electron chi connectivity index (χ3n) is 4.02. The second-order valence-corrected chi connectivity index (χ2v) is 5.22. The number of Topliss-reactive ketones (excluding diaryl/α,β-unsaturated/α-hetero) is 1. The van der Waals surface area contributed by atoms with Gasteiger partial charge in [-0.25, -0.2) is 0 Å². The van der Waals surface area contributed by atoms with Crippen LogP contribution in [-0.4, -0.2) is 5.78 Å². The molecule has 0 aliphatic heterocycles. The van der Waals surface area contributed by atoms with Crippen LogP contribution in [0.4, 0.5) is 0 Å². The SMILES string of the molecule is CCCCC(CCC)C1(C(C)=O)C=CC=CC1. The van der Waals surface area contributed by atoms with Gasteiger partial charge in [-0.1, -0.05) is 57.4 Å². The van der Waals surface area contributed by atoms with Crippen molar-refractivity contribution >= 4 is 5.78 Å². The van der Waals surface area contributed by atoms with E-state index in [0.29, 0.717) is 11.7 Å². The molecule has 0 bridgehead atoms. The van der Waals surface area contributed by atoms with Crippen LogP contribution in [0.2, 0.25) is 0 Å². The van der Waals surface area contributed by atoms with Crippen LogP contribution >= 0.6 is 0 Å². The molecule has 17 heavy (non-hydrogen) atoms. The van der Waals surface area contributed by atoms with Crippen molar-refractivity contribution in [3.8, 4) is 0 Å². The highest BCUT2D eigenvalue weighted by atomic mass is 16.1. The van der Waals surface area contributed by atoms with Gasteiger partial charge in [0.05, 0.1) is 5.41 Å². The second kappa shape index (κ2) is 6.78. The number of rotatable bonds is 7. The van der Waals surface area contributed by atoms with Crippen LogP contribution in [0.3, 0.4) is 0 Å². The van der Waals surface area contributed by atoms with E-state index in [0.717, 1.165) is 12.8 Å². The zero-order valence-corrected chi connectivity index (χ0v) is 11.5. The summed E-state index contributed by atoms with van der Waals surface area (Å²) >= 11 is 0. The first-order chi connectivity index (χ1) is 8.17. The Balaban J connectivity index is 2.88. The minimum absolute atomic E-state index is 0.208. The molecule has 1 heteroatoms. The smallest absolute Gasteiger partial charge is 0.140 e. The van der Waals surface area contributed by atoms with Gasteiger partial charge in [0.2, 0.25) is 0 Å². The van der Waals surface area contributed by atoms with Gasteiger partial charge in [0.1, 0.15) is 5.78 Å². The molecule has 2 atom stereocenters. The summed E-state index contributed by atoms with van der Waals surface area (Å²) in [7, 11) is 0. The highest BCUT2D eigenvalue weighted by Crippen LogP contribution is 2.42. The van der Waals surface area contributed by atoms with Gasteiger partial charge in [-0.2, -0.15) is 0 Å². The predicted octanol–water partition coefficient (Wildman–Crippen LogP) is 4.68. The number of hydrogen-bond donors (Lipinski definition) is 0. The number of unbranched alkanes of at least 4 members (excludes halogenated alkanes) is 1. The molecule has 0 saturated carbocycles. The highest BCUT2D eigenvalue weighted by Gasteiger charge is 2.39. The Bertz CT molecular complexity index is 301. The van der Waals surface area contributed by atoms with Gasteiger partial charge >= 0.3 is 0 Å². The van der Waals surface area contributed by atoms with Crippen LogP contribution in [0.1, 0.15) is 59.3 Å². The van der Waals surface area contributed by atoms with E-state index in [1.54, 1.807) is 6.92 Å². The molecule has 96 valence electrons. The molecule has 1 aliphatic carbocycles. The van der Waals surface area contributed by atoms with E-state index in [1.165, 1.54) is 25.7 Å². The van der Waals surface area contributed by atoms with Crippen molar-refractivity contribution in [2.75, 3.05) is 0 Å². The zero-order valence-electron chi connectivity index (χ0n) is 11.5. The maximum Gasteiger partial charge on any atom is 0.140 e. The van der Waals surface area contributed by atoms with Crippen LogP contribution in [0.25, 0.3) is 0 Å². The molecule has 0 radical (unpaired) electrons. The molecule has 0 fully saturated rings. The summed E-state index contributed by atoms with van der Waals surface area (Å²) in [6, 6.07) is 0. The lowest BCUT2D eigenvalue weighted by Crippen LogP contribution is -2.36. The van der Waals surface area contributed by atoms with Crippen molar-refractivity contribution < 1.29 is 4.79 Å². The van der Waals surface area contributed by atoms with E-state index in [-0.39, 0.29) is 5.41 Å². The fourth-order valence-electron chi connectivity index (χ4n) is 2.95. The quantitative estimate of drug-likeness (QED) is 0.625. The van der Waals surface area contributed by atoms with Crippen LogP contribution in [-0.2, 0) is 4.79 Å². The summed E-state index contributed by atoms with van der Waals surface area (Å²) in [4.78, 5) is 12.1. The number of hydrogen-bond acceptors (Lipinski definition) is 1. The summed E-state index contributed by atoms with van der Waals surface area (Å²) in [6.07, 6.45) is 15.3. The average Bonchev–Trinajstić information content (AvgIpc) is 2.35. The van der Waals surface area contributed by atoms with Crippen LogP contribution < -0.4 is 0 Å². The molecule has 1 aliphatic rings. The lowest BCUT2D eigenvalue weighted by atomic mass is 9.65. The summed E-state index contributed by atoms with van der Waals surface area (Å²) in [5, 5.41) is 0. The van der Waals surface area contributed by atoms with Crippen molar-refractivity contribution in [2.24, 2.45) is 11.3 Å². The van der Waals surface area contributed by atoms with Crippen molar-refractivity contribution in [1.82, 2.24) is 0 Å². The molecule has 2 unspecified atom stereocenters. The van der Waals surface area contributed by atoms with Crippen LogP contribution in [0.5, 0.6) is 0 Å². The number of carbonyl (C=O) groups excluding carboxylic acids is 1. The summed E-state index contributed by atoms with van der Waals surface area (Å²) < 4.78 is 0. The van der Waals surface area contributed by atoms with Crippen LogP contribution in [0.15, 0.2) is 24.3 Å². The lowest BCUT2D eigenvalue weighted by molar-refractivity contribution is -0.127. The fraction of sp³-hybridized carbons (Fsp3) is 0.688. The molecule has 0 heterocycles. The Hall–Kier alpha value is -0.850. The Morgan fingerprint density at radius 1 is 1.24 bits per heavy atom. The standard InChI is InChI=1S/C16H26O/c1-4-6-11-15(10-5-2)16(14(3)17)12-8-7-9-13-16/h7-9,12,15H,4-6,10-11,13H2,1-3H3. The third-order valence-corrected chi connectivity index (χ3v) is 4.02. The molecule has 0 aromatic heterocycles. The Kier molecular flexibility index (Phi) is 5.67. The van der Waals surface area contributed by atoms with E-state index >= 15 is 0 Å². The summed E-state index contributed by atoms with van der Waals surface area (Å²) in [5.41, 5.74) is -0.208. The zero-order chi connectivity index (χ0) is 12.7. The molecule has 0 aromatic rings. The molecular weight excluding hydrogens is 208 g/mol. The fourth-order valence-corrected chi connectivity index (χ4v) is 2.95. The normalized spacial score (nSPS) is 24.9. The Labute approximate surface area is 106 Å². The predicted molar refractivity (Wildman–Crippen MR) is 73.9 cm³/mol. The minimum atomic E-state index is -0.208. The monoisotopic (exact) mass is 234 g/mol. The molecular formula is C16H26O. The topological polar surface area (TPSA) is 17.1 Å². The van der Waals surface area contributed by atoms with E-state index in [1.807, 2.05) is 0 Å². The van der Waals surface area contributed by atoms with Gasteiger partial charge in [0.25, 0.3) is 0 Å². The van der Waals surface area contributed by atoms with Crippen molar-refractivity contribution in [2.45, 2.75) is 59.3 Å². The van der Waals surface area contributed by atoms with Crippen molar-refractivity contribution in [3.05, 3.63) is 24.3 Å². The van der Waals surface area contributed by atoms with Gasteiger partial charge in [-0.15, -0.1) is 0 Å². The Morgan fingerprint density at radius 2 is 2.00 bits per heavy atom. The van der Waals surface area contributed by atoms with E-state index < -0.39 is 0 Å². The average molecular weight is 234 g/mol. The largest absolute Gasteiger partial charge is 0.299 e. The number of ketones is 1. The van der Waals surface area contributed by atoms with Gasteiger partial charge in [-0.3, -0.25) is 4.79 Å². The van der Waals surface area contributed by atoms with Gasteiger partial charge < -0.3 is 0 Å². The third kappa shape index (κ3) is 3.31. The molecule has 0 N–H and O–H groups in total. The van der Waals surface area contributed by atoms with Gasteiger partial charge in [0, 0.05) is 0 Å². The van der Waals surface area contributed by atoms with E-state index in [9.17, 15) is 4.79 Å². The van der Waals surface area contributed by atoms with Gasteiger partial charge in [0.15, 0.2) is 0 Å². The lowest BCUT2D eigenvalue weighted by Gasteiger charge is -2.37. The maximum atomic E-state index is 12.1. The highest BCUT2D eigenvalue weighted by molar-refractivity contribution is 5.85. The number of carbonyl (C=O) groups is 1. The van der Waals surface area contributed by atoms with Crippen molar-refractivity contribution in [3.63, 3.8) is 0 Å². The first-order valence-electron chi connectivity index (χ1n) is 7.02. The van der Waals surface area contributed by atoms with E-state index in [4.69, 9.17) is 0 Å². The molecule has 1 nitrogen and oxygen atoms in total. The second-order valence-electron chi connectivity index (χ2n) is 5.22. The first-order valence-corrected chi connectivity index (χ1v) is 7.02. The first kappa shape index (κ1) is 14.2. The van der Waals surface area contributed by atoms with Gasteiger partial charge in [-0.05, 0) is 32.1 Å². The summed E-state index contributed by atoms with van der Waals surface area (Å²) in [6.45, 7) is 6.20.